The Morgan fingerprint density at radius 1 is 1.56 bits per heavy atom. The summed E-state index contributed by atoms with van der Waals surface area (Å²) in [6.45, 7) is 4.23. The van der Waals surface area contributed by atoms with Crippen molar-refractivity contribution in [2.24, 2.45) is 11.3 Å². The summed E-state index contributed by atoms with van der Waals surface area (Å²) in [4.78, 5) is 20.2. The van der Waals surface area contributed by atoms with Crippen LogP contribution in [0.5, 0.6) is 0 Å². The average molecular weight is 244 g/mol. The Hall–Kier alpha value is -1.96. The molecule has 1 fully saturated rings. The maximum absolute atomic E-state index is 12.0. The van der Waals surface area contributed by atoms with Crippen LogP contribution in [0.25, 0.3) is 0 Å². The molecular weight excluding hydrogens is 228 g/mol. The molecule has 0 aromatic carbocycles. The second kappa shape index (κ2) is 4.73. The Kier molecular flexibility index (Phi) is 3.28. The van der Waals surface area contributed by atoms with Gasteiger partial charge in [-0.05, 0) is 25.7 Å². The van der Waals surface area contributed by atoms with Gasteiger partial charge in [0.1, 0.15) is 5.41 Å². The van der Waals surface area contributed by atoms with E-state index in [4.69, 9.17) is 5.26 Å². The van der Waals surface area contributed by atoms with Gasteiger partial charge in [-0.3, -0.25) is 14.8 Å². The van der Waals surface area contributed by atoms with Crippen molar-refractivity contribution in [1.29, 1.82) is 5.26 Å². The van der Waals surface area contributed by atoms with E-state index < -0.39 is 5.41 Å². The fourth-order valence-corrected chi connectivity index (χ4v) is 2.31. The fourth-order valence-electron chi connectivity index (χ4n) is 2.31. The zero-order valence-corrected chi connectivity index (χ0v) is 10.6. The minimum absolute atomic E-state index is 0.189. The fraction of sp³-hybridized carbons (Fsp3) is 0.538. The van der Waals surface area contributed by atoms with Crippen LogP contribution in [0.3, 0.4) is 0 Å². The summed E-state index contributed by atoms with van der Waals surface area (Å²) in [5, 5.41) is 11.9. The maximum Gasteiger partial charge on any atom is 0.240 e. The Labute approximate surface area is 106 Å². The highest BCUT2D eigenvalue weighted by Crippen LogP contribution is 2.45. The van der Waals surface area contributed by atoms with Crippen molar-refractivity contribution in [3.05, 3.63) is 23.8 Å². The molecule has 94 valence electrons. The van der Waals surface area contributed by atoms with Crippen LogP contribution in [0.4, 0.5) is 0 Å². The van der Waals surface area contributed by atoms with E-state index in [0.29, 0.717) is 31.0 Å². The number of hydrogen-bond acceptors (Lipinski definition) is 4. The smallest absolute Gasteiger partial charge is 0.240 e. The lowest BCUT2D eigenvalue weighted by molar-refractivity contribution is -0.134. The van der Waals surface area contributed by atoms with Crippen LogP contribution in [0.2, 0.25) is 0 Å². The number of nitrogens with zero attached hydrogens (tertiary/aromatic N) is 3. The molecule has 1 heterocycles. The predicted octanol–water partition coefficient (Wildman–Crippen LogP) is 1.34. The molecule has 1 amide bonds. The van der Waals surface area contributed by atoms with Gasteiger partial charge in [-0.2, -0.15) is 5.26 Å². The highest BCUT2D eigenvalue weighted by atomic mass is 16.2. The van der Waals surface area contributed by atoms with Gasteiger partial charge in [-0.15, -0.1) is 0 Å². The highest BCUT2D eigenvalue weighted by molar-refractivity contribution is 5.86. The van der Waals surface area contributed by atoms with Gasteiger partial charge in [0.2, 0.25) is 5.91 Å². The van der Waals surface area contributed by atoms with Gasteiger partial charge < -0.3 is 5.32 Å². The Morgan fingerprint density at radius 2 is 2.28 bits per heavy atom. The highest BCUT2D eigenvalue weighted by Gasteiger charge is 2.48. The van der Waals surface area contributed by atoms with Crippen LogP contribution in [0.1, 0.15) is 31.2 Å². The lowest BCUT2D eigenvalue weighted by Gasteiger charge is -2.39. The molecule has 2 rings (SSSR count). The molecule has 1 aromatic heterocycles. The minimum Gasteiger partial charge on any atom is -0.349 e. The van der Waals surface area contributed by atoms with Gasteiger partial charge in [0.15, 0.2) is 0 Å². The van der Waals surface area contributed by atoms with E-state index in [9.17, 15) is 4.79 Å². The predicted molar refractivity (Wildman–Crippen MR) is 65.1 cm³/mol. The molecule has 0 bridgehead atoms. The third-order valence-electron chi connectivity index (χ3n) is 3.31. The maximum atomic E-state index is 12.0. The Morgan fingerprint density at radius 3 is 2.78 bits per heavy atom. The van der Waals surface area contributed by atoms with E-state index in [1.54, 1.807) is 12.4 Å². The monoisotopic (exact) mass is 244 g/mol. The third kappa shape index (κ3) is 2.33. The van der Waals surface area contributed by atoms with E-state index in [2.05, 4.69) is 21.4 Å². The Balaban J connectivity index is 1.93. The first-order chi connectivity index (χ1) is 8.55. The molecular formula is C13H16N4O. The number of hydrogen-bond donors (Lipinski definition) is 1. The summed E-state index contributed by atoms with van der Waals surface area (Å²) in [6, 6.07) is 2.14. The third-order valence-corrected chi connectivity index (χ3v) is 3.31. The number of aryl methyl sites for hydroxylation is 1. The van der Waals surface area contributed by atoms with Crippen molar-refractivity contribution in [2.45, 2.75) is 33.2 Å². The van der Waals surface area contributed by atoms with Crippen molar-refractivity contribution >= 4 is 5.91 Å². The second-order valence-electron chi connectivity index (χ2n) is 5.04. The summed E-state index contributed by atoms with van der Waals surface area (Å²) >= 11 is 0. The molecule has 0 saturated heterocycles. The van der Waals surface area contributed by atoms with Gasteiger partial charge in [-0.25, -0.2) is 0 Å². The summed E-state index contributed by atoms with van der Waals surface area (Å²) in [6.07, 6.45) is 4.59. The molecule has 5 nitrogen and oxygen atoms in total. The van der Waals surface area contributed by atoms with E-state index >= 15 is 0 Å². The Bertz CT molecular complexity index is 483. The SMILES string of the molecule is Cc1cnc(CNC(=O)C2(C#N)CC(C)C2)cn1. The molecule has 1 saturated carbocycles. The largest absolute Gasteiger partial charge is 0.349 e. The summed E-state index contributed by atoms with van der Waals surface area (Å²) in [5.74, 6) is 0.264. The normalized spacial score (nSPS) is 25.9. The molecule has 0 unspecified atom stereocenters. The lowest BCUT2D eigenvalue weighted by Crippen LogP contribution is -2.47. The van der Waals surface area contributed by atoms with Gasteiger partial charge in [0.05, 0.1) is 30.2 Å². The van der Waals surface area contributed by atoms with E-state index in [1.165, 1.54) is 0 Å². The molecule has 18 heavy (non-hydrogen) atoms. The summed E-state index contributed by atoms with van der Waals surface area (Å²) in [5.41, 5.74) is 0.721. The molecule has 1 aliphatic rings. The van der Waals surface area contributed by atoms with Crippen molar-refractivity contribution < 1.29 is 4.79 Å². The zero-order chi connectivity index (χ0) is 13.2. The van der Waals surface area contributed by atoms with Crippen LogP contribution in [0.15, 0.2) is 12.4 Å². The molecule has 1 N–H and O–H groups in total. The van der Waals surface area contributed by atoms with Crippen LogP contribution >= 0.6 is 0 Å². The number of rotatable bonds is 3. The quantitative estimate of drug-likeness (QED) is 0.870. The molecule has 0 radical (unpaired) electrons. The standard InChI is InChI=1S/C13H16N4O/c1-9-3-13(4-9,8-14)12(18)17-7-11-6-15-10(2)5-16-11/h5-6,9H,3-4,7H2,1-2H3,(H,17,18). The average Bonchev–Trinajstić information content (AvgIpc) is 2.33. The van der Waals surface area contributed by atoms with Crippen molar-refractivity contribution in [2.75, 3.05) is 0 Å². The molecule has 1 aliphatic carbocycles. The van der Waals surface area contributed by atoms with Crippen molar-refractivity contribution in [1.82, 2.24) is 15.3 Å². The minimum atomic E-state index is -0.822. The molecule has 0 aliphatic heterocycles. The number of amides is 1. The van der Waals surface area contributed by atoms with Gasteiger partial charge >= 0.3 is 0 Å². The number of carbonyl (C=O) groups is 1. The van der Waals surface area contributed by atoms with Crippen LogP contribution in [-0.2, 0) is 11.3 Å². The lowest BCUT2D eigenvalue weighted by atomic mass is 9.63. The molecule has 1 aromatic rings. The first-order valence-corrected chi connectivity index (χ1v) is 6.03. The van der Waals surface area contributed by atoms with E-state index in [0.717, 1.165) is 5.69 Å². The number of carbonyl (C=O) groups excluding carboxylic acids is 1. The van der Waals surface area contributed by atoms with Crippen LogP contribution in [-0.4, -0.2) is 15.9 Å². The number of nitriles is 1. The van der Waals surface area contributed by atoms with Gasteiger partial charge in [0, 0.05) is 6.20 Å². The second-order valence-corrected chi connectivity index (χ2v) is 5.04. The topological polar surface area (TPSA) is 78.7 Å². The summed E-state index contributed by atoms with van der Waals surface area (Å²) < 4.78 is 0. The van der Waals surface area contributed by atoms with Gasteiger partial charge in [-0.1, -0.05) is 6.92 Å². The first-order valence-electron chi connectivity index (χ1n) is 6.03. The van der Waals surface area contributed by atoms with Crippen LogP contribution < -0.4 is 5.32 Å². The molecule has 0 spiro atoms. The van der Waals surface area contributed by atoms with Gasteiger partial charge in [0.25, 0.3) is 0 Å². The summed E-state index contributed by atoms with van der Waals surface area (Å²) in [7, 11) is 0. The molecule has 5 heteroatoms. The number of nitrogens with one attached hydrogen (secondary N) is 1. The van der Waals surface area contributed by atoms with E-state index in [1.807, 2.05) is 13.8 Å². The van der Waals surface area contributed by atoms with E-state index in [-0.39, 0.29) is 5.91 Å². The first kappa shape index (κ1) is 12.5. The zero-order valence-electron chi connectivity index (χ0n) is 10.6. The van der Waals surface area contributed by atoms with Crippen molar-refractivity contribution in [3.8, 4) is 6.07 Å². The van der Waals surface area contributed by atoms with Crippen LogP contribution in [0, 0.1) is 29.6 Å². The molecule has 0 atom stereocenters. The van der Waals surface area contributed by atoms with Crippen molar-refractivity contribution in [3.63, 3.8) is 0 Å². The number of aromatic nitrogens is 2.